The maximum Gasteiger partial charge on any atom is 0.263 e. The molecule has 1 aliphatic rings. The molecular weight excluding hydrogens is 334 g/mol. The molecule has 1 heterocycles. The summed E-state index contributed by atoms with van der Waals surface area (Å²) in [6, 6.07) is 9.77. The van der Waals surface area contributed by atoms with Gasteiger partial charge in [-0.2, -0.15) is 0 Å². The molecule has 6 heteroatoms. The van der Waals surface area contributed by atoms with Crippen LogP contribution in [0.3, 0.4) is 0 Å². The Bertz CT molecular complexity index is 736. The molecule has 2 amide bonds. The SMILES string of the molecule is Cc1nc(NC(=O)C2CCCCC2)sc1C(=O)NCc1ccccc1. The van der Waals surface area contributed by atoms with Gasteiger partial charge in [-0.15, -0.1) is 0 Å². The number of hydrogen-bond donors (Lipinski definition) is 2. The minimum Gasteiger partial charge on any atom is -0.347 e. The summed E-state index contributed by atoms with van der Waals surface area (Å²) in [5.74, 6) is -0.0463. The van der Waals surface area contributed by atoms with Crippen LogP contribution in [0.1, 0.15) is 53.0 Å². The minimum absolute atomic E-state index is 0.0321. The van der Waals surface area contributed by atoms with Gasteiger partial charge < -0.3 is 10.6 Å². The Kier molecular flexibility index (Phi) is 5.81. The van der Waals surface area contributed by atoms with Crippen molar-refractivity contribution in [3.8, 4) is 0 Å². The maximum atomic E-state index is 12.4. The Morgan fingerprint density at radius 1 is 1.16 bits per heavy atom. The molecule has 5 nitrogen and oxygen atoms in total. The molecule has 1 saturated carbocycles. The Hall–Kier alpha value is -2.21. The summed E-state index contributed by atoms with van der Waals surface area (Å²) < 4.78 is 0. The van der Waals surface area contributed by atoms with Gasteiger partial charge in [-0.25, -0.2) is 4.98 Å². The number of hydrogen-bond acceptors (Lipinski definition) is 4. The molecular formula is C19H23N3O2S. The number of amides is 2. The van der Waals surface area contributed by atoms with Crippen LogP contribution < -0.4 is 10.6 Å². The average molecular weight is 357 g/mol. The summed E-state index contributed by atoms with van der Waals surface area (Å²) in [5, 5.41) is 6.31. The number of thiazole rings is 1. The van der Waals surface area contributed by atoms with Gasteiger partial charge in [0.15, 0.2) is 5.13 Å². The summed E-state index contributed by atoms with van der Waals surface area (Å²) in [4.78, 5) is 29.6. The lowest BCUT2D eigenvalue weighted by Gasteiger charge is -2.19. The fourth-order valence-corrected chi connectivity index (χ4v) is 3.98. The first kappa shape index (κ1) is 17.6. The first-order valence-corrected chi connectivity index (χ1v) is 9.55. The van der Waals surface area contributed by atoms with Crippen LogP contribution in [0.2, 0.25) is 0 Å². The van der Waals surface area contributed by atoms with E-state index in [1.165, 1.54) is 17.8 Å². The Morgan fingerprint density at radius 2 is 1.88 bits per heavy atom. The number of anilines is 1. The van der Waals surface area contributed by atoms with Crippen LogP contribution in [0.5, 0.6) is 0 Å². The van der Waals surface area contributed by atoms with Crippen molar-refractivity contribution in [2.24, 2.45) is 5.92 Å². The predicted molar refractivity (Wildman–Crippen MR) is 99.7 cm³/mol. The number of carbonyl (C=O) groups excluding carboxylic acids is 2. The number of rotatable bonds is 5. The standard InChI is InChI=1S/C19H23N3O2S/c1-13-16(18(24)20-12-14-8-4-2-5-9-14)25-19(21-13)22-17(23)15-10-6-3-7-11-15/h2,4-5,8-9,15H,3,6-7,10-12H2,1H3,(H,20,24)(H,21,22,23). The van der Waals surface area contributed by atoms with E-state index < -0.39 is 0 Å². The van der Waals surface area contributed by atoms with Crippen molar-refractivity contribution in [1.82, 2.24) is 10.3 Å². The summed E-state index contributed by atoms with van der Waals surface area (Å²) >= 11 is 1.24. The molecule has 0 saturated heterocycles. The van der Waals surface area contributed by atoms with Gasteiger partial charge in [-0.3, -0.25) is 9.59 Å². The van der Waals surface area contributed by atoms with Gasteiger partial charge in [0.2, 0.25) is 5.91 Å². The molecule has 0 aliphatic heterocycles. The average Bonchev–Trinajstić information content (AvgIpc) is 3.01. The monoisotopic (exact) mass is 357 g/mol. The van der Waals surface area contributed by atoms with E-state index in [1.807, 2.05) is 30.3 Å². The van der Waals surface area contributed by atoms with Crippen molar-refractivity contribution in [2.45, 2.75) is 45.6 Å². The van der Waals surface area contributed by atoms with Crippen LogP contribution in [0.4, 0.5) is 5.13 Å². The van der Waals surface area contributed by atoms with Gasteiger partial charge in [-0.1, -0.05) is 60.9 Å². The number of nitrogens with zero attached hydrogens (tertiary/aromatic N) is 1. The zero-order chi connectivity index (χ0) is 17.6. The second kappa shape index (κ2) is 8.25. The number of aryl methyl sites for hydroxylation is 1. The topological polar surface area (TPSA) is 71.1 Å². The molecule has 1 aromatic carbocycles. The summed E-state index contributed by atoms with van der Waals surface area (Å²) in [6.45, 7) is 2.27. The molecule has 1 aromatic heterocycles. The highest BCUT2D eigenvalue weighted by atomic mass is 32.1. The van der Waals surface area contributed by atoms with Crippen molar-refractivity contribution in [3.63, 3.8) is 0 Å². The molecule has 0 radical (unpaired) electrons. The third-order valence-corrected chi connectivity index (χ3v) is 5.58. The van der Waals surface area contributed by atoms with Crippen LogP contribution >= 0.6 is 11.3 Å². The van der Waals surface area contributed by atoms with Crippen molar-refractivity contribution in [3.05, 3.63) is 46.5 Å². The predicted octanol–water partition coefficient (Wildman–Crippen LogP) is 3.90. The second-order valence-electron chi connectivity index (χ2n) is 6.43. The van der Waals surface area contributed by atoms with Gasteiger partial charge in [0.25, 0.3) is 5.91 Å². The van der Waals surface area contributed by atoms with Gasteiger partial charge in [0.05, 0.1) is 5.69 Å². The first-order valence-electron chi connectivity index (χ1n) is 8.74. The number of carbonyl (C=O) groups is 2. The molecule has 25 heavy (non-hydrogen) atoms. The van der Waals surface area contributed by atoms with Crippen LogP contribution in [0, 0.1) is 12.8 Å². The van der Waals surface area contributed by atoms with Crippen LogP contribution in [-0.2, 0) is 11.3 Å². The van der Waals surface area contributed by atoms with E-state index in [0.717, 1.165) is 31.2 Å². The van der Waals surface area contributed by atoms with E-state index >= 15 is 0 Å². The molecule has 2 N–H and O–H groups in total. The highest BCUT2D eigenvalue weighted by Crippen LogP contribution is 2.27. The normalized spacial score (nSPS) is 14.9. The molecule has 132 valence electrons. The molecule has 0 atom stereocenters. The molecule has 0 spiro atoms. The van der Waals surface area contributed by atoms with E-state index in [4.69, 9.17) is 0 Å². The number of benzene rings is 1. The Balaban J connectivity index is 1.59. The van der Waals surface area contributed by atoms with E-state index in [1.54, 1.807) is 6.92 Å². The second-order valence-corrected chi connectivity index (χ2v) is 7.43. The van der Waals surface area contributed by atoms with E-state index in [0.29, 0.717) is 22.2 Å². The number of nitrogens with one attached hydrogen (secondary N) is 2. The zero-order valence-electron chi connectivity index (χ0n) is 14.4. The lowest BCUT2D eigenvalue weighted by Crippen LogP contribution is -2.24. The fourth-order valence-electron chi connectivity index (χ4n) is 3.09. The Morgan fingerprint density at radius 3 is 2.60 bits per heavy atom. The molecule has 0 bridgehead atoms. The molecule has 2 aromatic rings. The highest BCUT2D eigenvalue weighted by molar-refractivity contribution is 7.17. The van der Waals surface area contributed by atoms with Crippen molar-refractivity contribution >= 4 is 28.3 Å². The maximum absolute atomic E-state index is 12.4. The van der Waals surface area contributed by atoms with Gasteiger partial charge in [-0.05, 0) is 25.3 Å². The fraction of sp³-hybridized carbons (Fsp3) is 0.421. The third-order valence-electron chi connectivity index (χ3n) is 4.50. The smallest absolute Gasteiger partial charge is 0.263 e. The van der Waals surface area contributed by atoms with E-state index in [-0.39, 0.29) is 17.7 Å². The zero-order valence-corrected chi connectivity index (χ0v) is 15.2. The first-order chi connectivity index (χ1) is 12.1. The third kappa shape index (κ3) is 4.66. The molecule has 1 aliphatic carbocycles. The molecule has 1 fully saturated rings. The lowest BCUT2D eigenvalue weighted by molar-refractivity contribution is -0.120. The van der Waals surface area contributed by atoms with Gasteiger partial charge >= 0.3 is 0 Å². The Labute approximate surface area is 151 Å². The quantitative estimate of drug-likeness (QED) is 0.852. The minimum atomic E-state index is -0.156. The molecule has 0 unspecified atom stereocenters. The van der Waals surface area contributed by atoms with Crippen LogP contribution in [0.15, 0.2) is 30.3 Å². The molecule has 3 rings (SSSR count). The van der Waals surface area contributed by atoms with Crippen molar-refractivity contribution < 1.29 is 9.59 Å². The van der Waals surface area contributed by atoms with Crippen molar-refractivity contribution in [2.75, 3.05) is 5.32 Å². The van der Waals surface area contributed by atoms with Crippen LogP contribution in [-0.4, -0.2) is 16.8 Å². The van der Waals surface area contributed by atoms with Crippen molar-refractivity contribution in [1.29, 1.82) is 0 Å². The largest absolute Gasteiger partial charge is 0.347 e. The summed E-state index contributed by atoms with van der Waals surface area (Å²) in [6.07, 6.45) is 5.33. The summed E-state index contributed by atoms with van der Waals surface area (Å²) in [7, 11) is 0. The van der Waals surface area contributed by atoms with Crippen LogP contribution in [0.25, 0.3) is 0 Å². The van der Waals surface area contributed by atoms with E-state index in [9.17, 15) is 9.59 Å². The van der Waals surface area contributed by atoms with Gasteiger partial charge in [0.1, 0.15) is 4.88 Å². The van der Waals surface area contributed by atoms with Gasteiger partial charge in [0, 0.05) is 12.5 Å². The summed E-state index contributed by atoms with van der Waals surface area (Å²) in [5.41, 5.74) is 1.69. The lowest BCUT2D eigenvalue weighted by atomic mass is 9.89. The highest BCUT2D eigenvalue weighted by Gasteiger charge is 2.23. The van der Waals surface area contributed by atoms with E-state index in [2.05, 4.69) is 15.6 Å². The number of aromatic nitrogens is 1.